The van der Waals surface area contributed by atoms with E-state index in [9.17, 15) is 68.3 Å². The molecule has 0 aliphatic heterocycles. The Morgan fingerprint density at radius 1 is 0.417 bits per heavy atom. The van der Waals surface area contributed by atoms with Crippen LogP contribution in [0.25, 0.3) is 32.3 Å². The van der Waals surface area contributed by atoms with E-state index in [1.165, 1.54) is 0 Å². The standard InChI is InChI=1S/2C20H22F3NO4.C20H21F3O5/c1-4-19(2,3)18(26)24-15-9-5-8-14-13(15)7-6-10-16(14)27-11-17(25)28-12-20(21,22)23;1-4-19(2,3)18(26)24-15-7-5-14-10-16(8-6-13(14)9-15)27-11-17(25)28-12-20(21,22)23;1-4-19(2,3)18(25)28-16-8-6-13-9-15(7-5-14(13)10-16)26-11-17(24)27-12-20(21,22)23/h2*5-10H,4,11-12H2,1-3H3,(H,24,26);5-10H,4,11-12H2,1-3H3. The van der Waals surface area contributed by atoms with Gasteiger partial charge in [0.2, 0.25) is 11.8 Å². The van der Waals surface area contributed by atoms with Gasteiger partial charge >= 0.3 is 42.4 Å². The monoisotopic (exact) mass is 1190 g/mol. The van der Waals surface area contributed by atoms with Crippen molar-refractivity contribution < 1.29 is 101 Å². The van der Waals surface area contributed by atoms with Gasteiger partial charge in [0.15, 0.2) is 39.6 Å². The minimum absolute atomic E-state index is 0.0772. The molecule has 456 valence electrons. The number of hydrogen-bond acceptors (Lipinski definition) is 13. The number of nitrogens with one attached hydrogen (secondary N) is 2. The topological polar surface area (TPSA) is 191 Å². The fraction of sp³-hybridized carbons (Fsp3) is 0.400. The Kier molecular flexibility index (Phi) is 23.8. The molecule has 24 heteroatoms. The summed E-state index contributed by atoms with van der Waals surface area (Å²) in [7, 11) is 0. The molecule has 6 rings (SSSR count). The Balaban J connectivity index is 0.000000270. The van der Waals surface area contributed by atoms with Crippen LogP contribution >= 0.6 is 0 Å². The molecule has 2 N–H and O–H groups in total. The molecule has 2 amide bonds. The van der Waals surface area contributed by atoms with Gasteiger partial charge in [-0.3, -0.25) is 14.4 Å². The summed E-state index contributed by atoms with van der Waals surface area (Å²) in [6.07, 6.45) is -11.7. The second kappa shape index (κ2) is 29.3. The Hall–Kier alpha value is -8.31. The number of fused-ring (bicyclic) bond motifs is 3. The molecule has 15 nitrogen and oxygen atoms in total. The van der Waals surface area contributed by atoms with Crippen molar-refractivity contribution in [3.8, 4) is 23.0 Å². The van der Waals surface area contributed by atoms with E-state index >= 15 is 0 Å². The lowest BCUT2D eigenvalue weighted by Gasteiger charge is -2.22. The number of anilines is 2. The molecule has 0 unspecified atom stereocenters. The van der Waals surface area contributed by atoms with E-state index < -0.39 is 92.3 Å². The van der Waals surface area contributed by atoms with Crippen molar-refractivity contribution >= 4 is 79.4 Å². The van der Waals surface area contributed by atoms with E-state index in [1.54, 1.807) is 123 Å². The highest BCUT2D eigenvalue weighted by molar-refractivity contribution is 6.05. The number of carbonyl (C=O) groups is 6. The smallest absolute Gasteiger partial charge is 0.422 e. The molecule has 0 fully saturated rings. The van der Waals surface area contributed by atoms with E-state index in [1.807, 2.05) is 48.5 Å². The first kappa shape index (κ1) is 68.2. The van der Waals surface area contributed by atoms with Gasteiger partial charge in [-0.1, -0.05) is 97.0 Å². The summed E-state index contributed by atoms with van der Waals surface area (Å²) in [5.74, 6) is -2.55. The molecule has 84 heavy (non-hydrogen) atoms. The maximum Gasteiger partial charge on any atom is 0.422 e. The Morgan fingerprint density at radius 3 is 1.25 bits per heavy atom. The Bertz CT molecular complexity index is 3120. The van der Waals surface area contributed by atoms with Crippen LogP contribution in [-0.2, 0) is 43.0 Å². The van der Waals surface area contributed by atoms with Crippen molar-refractivity contribution in [2.45, 2.75) is 100 Å². The molecule has 0 spiro atoms. The molecule has 0 heterocycles. The van der Waals surface area contributed by atoms with Crippen molar-refractivity contribution in [2.24, 2.45) is 16.2 Å². The van der Waals surface area contributed by atoms with E-state index in [0.717, 1.165) is 21.5 Å². The minimum Gasteiger partial charge on any atom is -0.482 e. The van der Waals surface area contributed by atoms with Crippen LogP contribution in [0, 0.1) is 16.2 Å². The van der Waals surface area contributed by atoms with Crippen LogP contribution in [-0.4, -0.2) is 93.9 Å². The predicted molar refractivity (Wildman–Crippen MR) is 294 cm³/mol. The third kappa shape index (κ3) is 22.5. The van der Waals surface area contributed by atoms with Crippen LogP contribution in [0.3, 0.4) is 0 Å². The third-order valence-electron chi connectivity index (χ3n) is 12.9. The van der Waals surface area contributed by atoms with Crippen LogP contribution in [0.1, 0.15) is 81.6 Å². The molecule has 0 aliphatic rings. The van der Waals surface area contributed by atoms with E-state index in [2.05, 4.69) is 24.8 Å². The highest BCUT2D eigenvalue weighted by atomic mass is 19.4. The average Bonchev–Trinajstić information content (AvgIpc) is 3.03. The largest absolute Gasteiger partial charge is 0.482 e. The zero-order chi connectivity index (χ0) is 62.8. The molecule has 6 aromatic rings. The quantitative estimate of drug-likeness (QED) is 0.0300. The van der Waals surface area contributed by atoms with Gasteiger partial charge in [-0.05, 0) is 115 Å². The average molecular weight is 1190 g/mol. The number of carbonyl (C=O) groups excluding carboxylic acids is 6. The lowest BCUT2D eigenvalue weighted by molar-refractivity contribution is -0.187. The fourth-order valence-electron chi connectivity index (χ4n) is 6.60. The molecular weight excluding hydrogens is 1130 g/mol. The molecule has 0 saturated heterocycles. The third-order valence-corrected chi connectivity index (χ3v) is 12.9. The van der Waals surface area contributed by atoms with Crippen LogP contribution in [0.2, 0.25) is 0 Å². The fourth-order valence-corrected chi connectivity index (χ4v) is 6.60. The summed E-state index contributed by atoms with van der Waals surface area (Å²) in [5, 5.41) is 10.2. The summed E-state index contributed by atoms with van der Waals surface area (Å²) in [5.41, 5.74) is -0.378. The van der Waals surface area contributed by atoms with Crippen LogP contribution in [0.15, 0.2) is 109 Å². The zero-order valence-electron chi connectivity index (χ0n) is 47.5. The van der Waals surface area contributed by atoms with Crippen LogP contribution in [0.5, 0.6) is 23.0 Å². The molecule has 0 aliphatic carbocycles. The second-order valence-electron chi connectivity index (χ2n) is 20.8. The van der Waals surface area contributed by atoms with Crippen molar-refractivity contribution in [3.63, 3.8) is 0 Å². The Morgan fingerprint density at radius 2 is 0.798 bits per heavy atom. The number of hydrogen-bond donors (Lipinski definition) is 2. The predicted octanol–water partition coefficient (Wildman–Crippen LogP) is 14.1. The zero-order valence-corrected chi connectivity index (χ0v) is 47.5. The number of amides is 2. The van der Waals surface area contributed by atoms with Gasteiger partial charge in [0, 0.05) is 33.0 Å². The van der Waals surface area contributed by atoms with Crippen molar-refractivity contribution in [3.05, 3.63) is 109 Å². The van der Waals surface area contributed by atoms with Crippen LogP contribution < -0.4 is 29.6 Å². The molecule has 0 atom stereocenters. The number of alkyl halides is 9. The van der Waals surface area contributed by atoms with Gasteiger partial charge < -0.3 is 43.8 Å². The first-order valence-electron chi connectivity index (χ1n) is 26.0. The number of benzene rings is 6. The van der Waals surface area contributed by atoms with Crippen molar-refractivity contribution in [1.82, 2.24) is 0 Å². The lowest BCUT2D eigenvalue weighted by Crippen LogP contribution is -2.30. The summed E-state index contributed by atoms with van der Waals surface area (Å²) in [6, 6.07) is 30.4. The second-order valence-corrected chi connectivity index (χ2v) is 20.8. The molecule has 0 aromatic heterocycles. The molecule has 0 saturated carbocycles. The number of esters is 4. The Labute approximate surface area is 478 Å². The minimum atomic E-state index is -4.59. The van der Waals surface area contributed by atoms with E-state index in [0.29, 0.717) is 64.4 Å². The van der Waals surface area contributed by atoms with Gasteiger partial charge in [-0.15, -0.1) is 0 Å². The SMILES string of the molecule is CCC(C)(C)C(=O)Nc1ccc2cc(OCC(=O)OCC(F)(F)F)ccc2c1.CCC(C)(C)C(=O)Nc1cccc2c(OCC(=O)OCC(F)(F)F)cccc12.CCC(C)(C)C(=O)Oc1ccc2cc(OCC(=O)OCC(F)(F)F)ccc2c1. The maximum atomic E-state index is 12.5. The lowest BCUT2D eigenvalue weighted by atomic mass is 9.89. The van der Waals surface area contributed by atoms with Gasteiger partial charge in [0.25, 0.3) is 0 Å². The molecule has 6 aromatic carbocycles. The first-order chi connectivity index (χ1) is 39.0. The number of halogens is 9. The normalized spacial score (nSPS) is 11.9. The molecule has 0 radical (unpaired) electrons. The van der Waals surface area contributed by atoms with Gasteiger partial charge in [-0.2, -0.15) is 39.5 Å². The van der Waals surface area contributed by atoms with Gasteiger partial charge in [0.1, 0.15) is 23.0 Å². The van der Waals surface area contributed by atoms with E-state index in [-0.39, 0.29) is 17.8 Å². The van der Waals surface area contributed by atoms with Crippen molar-refractivity contribution in [2.75, 3.05) is 50.3 Å². The molecular formula is C60H65F9N2O13. The maximum absolute atomic E-state index is 12.5. The van der Waals surface area contributed by atoms with E-state index in [4.69, 9.17) is 18.9 Å². The van der Waals surface area contributed by atoms with Gasteiger partial charge in [-0.25, -0.2) is 14.4 Å². The van der Waals surface area contributed by atoms with Crippen molar-refractivity contribution in [1.29, 1.82) is 0 Å². The van der Waals surface area contributed by atoms with Crippen LogP contribution in [0.4, 0.5) is 50.9 Å². The highest BCUT2D eigenvalue weighted by Crippen LogP contribution is 2.34. The number of ether oxygens (including phenoxy) is 7. The number of rotatable bonds is 21. The molecule has 0 bridgehead atoms. The highest BCUT2D eigenvalue weighted by Gasteiger charge is 2.33. The summed E-state index contributed by atoms with van der Waals surface area (Å²) < 4.78 is 142. The first-order valence-corrected chi connectivity index (χ1v) is 26.0. The summed E-state index contributed by atoms with van der Waals surface area (Å²) in [6.45, 7) is 9.93. The summed E-state index contributed by atoms with van der Waals surface area (Å²) in [4.78, 5) is 70.9. The summed E-state index contributed by atoms with van der Waals surface area (Å²) >= 11 is 0. The van der Waals surface area contributed by atoms with Gasteiger partial charge in [0.05, 0.1) is 5.41 Å².